The van der Waals surface area contributed by atoms with E-state index in [-0.39, 0.29) is 0 Å². The van der Waals surface area contributed by atoms with Gasteiger partial charge in [0.1, 0.15) is 0 Å². The van der Waals surface area contributed by atoms with Crippen molar-refractivity contribution in [3.63, 3.8) is 0 Å². The third kappa shape index (κ3) is 3.11. The minimum atomic E-state index is 0.645. The van der Waals surface area contributed by atoms with Gasteiger partial charge in [0.05, 0.1) is 0 Å². The summed E-state index contributed by atoms with van der Waals surface area (Å²) in [5, 5.41) is 7.45. The van der Waals surface area contributed by atoms with Gasteiger partial charge in [0.2, 0.25) is 5.95 Å². The lowest BCUT2D eigenvalue weighted by molar-refractivity contribution is 0.411. The summed E-state index contributed by atoms with van der Waals surface area (Å²) in [6, 6.07) is 6.18. The van der Waals surface area contributed by atoms with Crippen LogP contribution in [0.5, 0.6) is 0 Å². The zero-order valence-corrected chi connectivity index (χ0v) is 13.7. The number of aromatic amines is 1. The monoisotopic (exact) mass is 349 g/mol. The van der Waals surface area contributed by atoms with Crippen molar-refractivity contribution in [3.8, 4) is 11.4 Å². The largest absolute Gasteiger partial charge is 0.340 e. The molecule has 0 saturated carbocycles. The predicted octanol–water partition coefficient (Wildman–Crippen LogP) is 2.72. The van der Waals surface area contributed by atoms with E-state index in [4.69, 9.17) is 5.73 Å². The van der Waals surface area contributed by atoms with Crippen LogP contribution >= 0.6 is 15.9 Å². The third-order valence-electron chi connectivity index (χ3n) is 4.16. The Labute approximate surface area is 133 Å². The van der Waals surface area contributed by atoms with Crippen LogP contribution < -0.4 is 10.6 Å². The number of nitrogens with two attached hydrogens (primary N) is 1. The molecule has 3 N–H and O–H groups in total. The van der Waals surface area contributed by atoms with E-state index in [1.807, 2.05) is 6.07 Å². The zero-order chi connectivity index (χ0) is 14.8. The molecule has 1 aliphatic heterocycles. The highest BCUT2D eigenvalue weighted by Crippen LogP contribution is 2.26. The fourth-order valence-electron chi connectivity index (χ4n) is 2.73. The first-order chi connectivity index (χ1) is 10.2. The number of nitrogens with zero attached hydrogens (tertiary/aromatic N) is 3. The van der Waals surface area contributed by atoms with Crippen molar-refractivity contribution in [2.45, 2.75) is 19.8 Å². The Hall–Kier alpha value is -1.40. The molecule has 2 aromatic rings. The number of aryl methyl sites for hydroxylation is 1. The number of hydrogen-bond donors (Lipinski definition) is 2. The summed E-state index contributed by atoms with van der Waals surface area (Å²) in [6.07, 6.45) is 2.24. The van der Waals surface area contributed by atoms with Crippen LogP contribution in [0.3, 0.4) is 0 Å². The summed E-state index contributed by atoms with van der Waals surface area (Å²) >= 11 is 3.51. The number of aromatic nitrogens is 3. The van der Waals surface area contributed by atoms with Gasteiger partial charge in [-0.05, 0) is 49.9 Å². The lowest BCUT2D eigenvalue weighted by atomic mass is 9.97. The van der Waals surface area contributed by atoms with E-state index in [9.17, 15) is 0 Å². The summed E-state index contributed by atoms with van der Waals surface area (Å²) in [5.74, 6) is 2.26. The Bertz CT molecular complexity index is 616. The smallest absolute Gasteiger partial charge is 0.245 e. The van der Waals surface area contributed by atoms with Crippen molar-refractivity contribution in [1.82, 2.24) is 15.2 Å². The third-order valence-corrected chi connectivity index (χ3v) is 4.65. The minimum Gasteiger partial charge on any atom is -0.340 e. The van der Waals surface area contributed by atoms with Crippen molar-refractivity contribution in [2.75, 3.05) is 24.5 Å². The van der Waals surface area contributed by atoms with Gasteiger partial charge in [-0.1, -0.05) is 22.0 Å². The van der Waals surface area contributed by atoms with Crippen molar-refractivity contribution in [1.29, 1.82) is 0 Å². The maximum Gasteiger partial charge on any atom is 0.245 e. The normalized spacial score (nSPS) is 16.4. The van der Waals surface area contributed by atoms with Gasteiger partial charge in [-0.2, -0.15) is 4.98 Å². The number of anilines is 1. The Morgan fingerprint density at radius 1 is 1.38 bits per heavy atom. The fraction of sp³-hybridized carbons (Fsp3) is 0.467. The van der Waals surface area contributed by atoms with E-state index in [1.165, 1.54) is 5.56 Å². The molecular weight excluding hydrogens is 330 g/mol. The molecule has 0 atom stereocenters. The van der Waals surface area contributed by atoms with Gasteiger partial charge in [0.25, 0.3) is 0 Å². The van der Waals surface area contributed by atoms with Crippen molar-refractivity contribution in [3.05, 3.63) is 28.2 Å². The van der Waals surface area contributed by atoms with Gasteiger partial charge in [-0.15, -0.1) is 5.10 Å². The molecule has 1 saturated heterocycles. The second-order valence-electron chi connectivity index (χ2n) is 5.61. The fourth-order valence-corrected chi connectivity index (χ4v) is 3.09. The average molecular weight is 350 g/mol. The van der Waals surface area contributed by atoms with Crippen LogP contribution in [0.4, 0.5) is 5.95 Å². The predicted molar refractivity (Wildman–Crippen MR) is 88.2 cm³/mol. The van der Waals surface area contributed by atoms with Crippen LogP contribution in [0.2, 0.25) is 0 Å². The Morgan fingerprint density at radius 2 is 2.14 bits per heavy atom. The van der Waals surface area contributed by atoms with Crippen LogP contribution in [-0.2, 0) is 0 Å². The topological polar surface area (TPSA) is 70.8 Å². The Morgan fingerprint density at radius 3 is 2.86 bits per heavy atom. The number of nitrogens with one attached hydrogen (secondary N) is 1. The Balaban J connectivity index is 1.79. The first-order valence-corrected chi connectivity index (χ1v) is 8.10. The molecule has 1 aliphatic rings. The Kier molecular flexibility index (Phi) is 4.26. The zero-order valence-electron chi connectivity index (χ0n) is 12.1. The minimum absolute atomic E-state index is 0.645. The number of hydrogen-bond acceptors (Lipinski definition) is 4. The first kappa shape index (κ1) is 14.5. The molecule has 112 valence electrons. The van der Waals surface area contributed by atoms with E-state index in [0.717, 1.165) is 54.3 Å². The molecule has 6 heteroatoms. The maximum absolute atomic E-state index is 5.74. The second kappa shape index (κ2) is 6.15. The molecule has 1 fully saturated rings. The molecule has 2 heterocycles. The summed E-state index contributed by atoms with van der Waals surface area (Å²) in [6.45, 7) is 4.83. The van der Waals surface area contributed by atoms with Gasteiger partial charge in [0.15, 0.2) is 5.82 Å². The summed E-state index contributed by atoms with van der Waals surface area (Å²) in [7, 11) is 0. The molecular formula is C15H20BrN5. The first-order valence-electron chi connectivity index (χ1n) is 7.31. The van der Waals surface area contributed by atoms with Crippen LogP contribution in [0.15, 0.2) is 22.7 Å². The molecule has 0 aliphatic carbocycles. The number of H-pyrrole nitrogens is 1. The van der Waals surface area contributed by atoms with Gasteiger partial charge >= 0.3 is 0 Å². The quantitative estimate of drug-likeness (QED) is 0.893. The number of benzene rings is 1. The molecule has 3 rings (SSSR count). The standard InChI is InChI=1S/C15H20BrN5/c1-10-2-3-12(16)8-13(10)14-18-15(20-19-14)21-6-4-11(9-17)5-7-21/h2-3,8,11H,4-7,9,17H2,1H3,(H,18,19,20). The average Bonchev–Trinajstić information content (AvgIpc) is 2.99. The maximum atomic E-state index is 5.74. The lowest BCUT2D eigenvalue weighted by Crippen LogP contribution is -2.36. The van der Waals surface area contributed by atoms with Crippen LogP contribution in [0, 0.1) is 12.8 Å². The molecule has 1 aromatic heterocycles. The van der Waals surface area contributed by atoms with Gasteiger partial charge in [0, 0.05) is 23.1 Å². The summed E-state index contributed by atoms with van der Waals surface area (Å²) < 4.78 is 1.05. The molecule has 0 spiro atoms. The van der Waals surface area contributed by atoms with Crippen LogP contribution in [0.25, 0.3) is 11.4 Å². The molecule has 0 radical (unpaired) electrons. The highest BCUT2D eigenvalue weighted by molar-refractivity contribution is 9.10. The lowest BCUT2D eigenvalue weighted by Gasteiger charge is -2.30. The molecule has 0 bridgehead atoms. The molecule has 0 unspecified atom stereocenters. The summed E-state index contributed by atoms with van der Waals surface area (Å²) in [5.41, 5.74) is 8.00. The van der Waals surface area contributed by atoms with Crippen LogP contribution in [0.1, 0.15) is 18.4 Å². The van der Waals surface area contributed by atoms with Crippen molar-refractivity contribution < 1.29 is 0 Å². The highest BCUT2D eigenvalue weighted by Gasteiger charge is 2.21. The van der Waals surface area contributed by atoms with E-state index in [1.54, 1.807) is 0 Å². The molecule has 21 heavy (non-hydrogen) atoms. The van der Waals surface area contributed by atoms with Crippen molar-refractivity contribution in [2.24, 2.45) is 11.7 Å². The number of piperidine rings is 1. The van der Waals surface area contributed by atoms with Gasteiger partial charge < -0.3 is 10.6 Å². The molecule has 5 nitrogen and oxygen atoms in total. The van der Waals surface area contributed by atoms with Gasteiger partial charge in [-0.25, -0.2) is 0 Å². The molecule has 0 amide bonds. The van der Waals surface area contributed by atoms with Crippen molar-refractivity contribution >= 4 is 21.9 Å². The van der Waals surface area contributed by atoms with E-state index in [0.29, 0.717) is 5.92 Å². The van der Waals surface area contributed by atoms with E-state index in [2.05, 4.69) is 55.1 Å². The van der Waals surface area contributed by atoms with Crippen LogP contribution in [-0.4, -0.2) is 34.8 Å². The van der Waals surface area contributed by atoms with E-state index >= 15 is 0 Å². The number of halogens is 1. The number of rotatable bonds is 3. The highest BCUT2D eigenvalue weighted by atomic mass is 79.9. The van der Waals surface area contributed by atoms with Gasteiger partial charge in [-0.3, -0.25) is 5.10 Å². The van der Waals surface area contributed by atoms with E-state index < -0.39 is 0 Å². The second-order valence-corrected chi connectivity index (χ2v) is 6.53. The SMILES string of the molecule is Cc1ccc(Br)cc1-c1nc(N2CCC(CN)CC2)n[nH]1. The molecule has 1 aromatic carbocycles. The summed E-state index contributed by atoms with van der Waals surface area (Å²) in [4.78, 5) is 6.90.